The summed E-state index contributed by atoms with van der Waals surface area (Å²) in [6, 6.07) is 0. The highest BCUT2D eigenvalue weighted by atomic mass is 16.3. The van der Waals surface area contributed by atoms with Gasteiger partial charge < -0.3 is 15.4 Å². The molecule has 6 nitrogen and oxygen atoms in total. The number of nitrogens with two attached hydrogens (primary N) is 1. The van der Waals surface area contributed by atoms with Crippen LogP contribution in [0.3, 0.4) is 0 Å². The predicted molar refractivity (Wildman–Crippen MR) is 76.0 cm³/mol. The third kappa shape index (κ3) is 2.96. The summed E-state index contributed by atoms with van der Waals surface area (Å²) >= 11 is 0. The van der Waals surface area contributed by atoms with Gasteiger partial charge in [-0.25, -0.2) is 15.8 Å². The molecule has 19 heavy (non-hydrogen) atoms. The minimum absolute atomic E-state index is 0.284. The summed E-state index contributed by atoms with van der Waals surface area (Å²) in [5.74, 6) is 8.42. The van der Waals surface area contributed by atoms with Crippen molar-refractivity contribution in [3.63, 3.8) is 0 Å². The molecule has 1 saturated heterocycles. The molecule has 0 aromatic carbocycles. The van der Waals surface area contributed by atoms with Gasteiger partial charge in [-0.1, -0.05) is 6.92 Å². The second-order valence-corrected chi connectivity index (χ2v) is 5.05. The van der Waals surface area contributed by atoms with Crippen molar-refractivity contribution in [1.82, 2.24) is 9.97 Å². The number of aryl methyl sites for hydroxylation is 1. The lowest BCUT2D eigenvalue weighted by atomic mass is 9.98. The molecule has 0 amide bonds. The highest BCUT2D eigenvalue weighted by molar-refractivity contribution is 5.58. The highest BCUT2D eigenvalue weighted by Crippen LogP contribution is 2.27. The Morgan fingerprint density at radius 1 is 1.37 bits per heavy atom. The quantitative estimate of drug-likeness (QED) is 0.552. The maximum atomic E-state index is 9.20. The van der Waals surface area contributed by atoms with Gasteiger partial charge in [-0.15, -0.1) is 0 Å². The number of rotatable bonds is 4. The first-order valence-corrected chi connectivity index (χ1v) is 6.89. The van der Waals surface area contributed by atoms with Crippen LogP contribution in [0.1, 0.15) is 31.2 Å². The van der Waals surface area contributed by atoms with Crippen LogP contribution in [0, 0.1) is 12.8 Å². The molecule has 1 aromatic rings. The van der Waals surface area contributed by atoms with E-state index < -0.39 is 0 Å². The number of hydrogen-bond acceptors (Lipinski definition) is 6. The van der Waals surface area contributed by atoms with Crippen molar-refractivity contribution in [2.75, 3.05) is 30.0 Å². The molecule has 0 unspecified atom stereocenters. The second kappa shape index (κ2) is 6.16. The lowest BCUT2D eigenvalue weighted by molar-refractivity contribution is 0.202. The standard InChI is InChI=1S/C13H23N5O/c1-3-11-15-12(17-14)9(2)13(16-11)18-6-4-10(8-19)5-7-18/h10,19H,3-8,14H2,1-2H3,(H,15,16,17). The van der Waals surface area contributed by atoms with Crippen LogP contribution in [-0.4, -0.2) is 34.8 Å². The highest BCUT2D eigenvalue weighted by Gasteiger charge is 2.22. The molecule has 0 atom stereocenters. The molecule has 1 fully saturated rings. The minimum Gasteiger partial charge on any atom is -0.396 e. The third-order valence-corrected chi connectivity index (χ3v) is 3.79. The van der Waals surface area contributed by atoms with E-state index in [0.29, 0.717) is 11.7 Å². The van der Waals surface area contributed by atoms with Gasteiger partial charge in [0.25, 0.3) is 0 Å². The van der Waals surface area contributed by atoms with E-state index in [1.54, 1.807) is 0 Å². The molecule has 1 aromatic heterocycles. The van der Waals surface area contributed by atoms with Crippen LogP contribution < -0.4 is 16.2 Å². The van der Waals surface area contributed by atoms with Crippen molar-refractivity contribution in [2.24, 2.45) is 11.8 Å². The molecule has 1 aliphatic rings. The Morgan fingerprint density at radius 2 is 2.05 bits per heavy atom. The van der Waals surface area contributed by atoms with E-state index in [9.17, 15) is 5.11 Å². The van der Waals surface area contributed by atoms with Gasteiger partial charge in [0.2, 0.25) is 0 Å². The van der Waals surface area contributed by atoms with Crippen molar-refractivity contribution in [3.05, 3.63) is 11.4 Å². The van der Waals surface area contributed by atoms with Gasteiger partial charge in [0.15, 0.2) is 0 Å². The number of anilines is 2. The maximum absolute atomic E-state index is 9.20. The van der Waals surface area contributed by atoms with Crippen LogP contribution >= 0.6 is 0 Å². The van der Waals surface area contributed by atoms with Gasteiger partial charge in [-0.05, 0) is 25.7 Å². The zero-order valence-electron chi connectivity index (χ0n) is 11.7. The van der Waals surface area contributed by atoms with E-state index in [1.807, 2.05) is 13.8 Å². The molecular weight excluding hydrogens is 242 g/mol. The molecule has 6 heteroatoms. The number of hydrazine groups is 1. The summed E-state index contributed by atoms with van der Waals surface area (Å²) in [6.45, 7) is 6.16. The van der Waals surface area contributed by atoms with Crippen molar-refractivity contribution in [2.45, 2.75) is 33.1 Å². The summed E-state index contributed by atoms with van der Waals surface area (Å²) in [4.78, 5) is 11.3. The average molecular weight is 265 g/mol. The Hall–Kier alpha value is -1.40. The van der Waals surface area contributed by atoms with E-state index >= 15 is 0 Å². The predicted octanol–water partition coefficient (Wildman–Crippen LogP) is 0.842. The van der Waals surface area contributed by atoms with Crippen LogP contribution in [0.5, 0.6) is 0 Å². The molecule has 0 radical (unpaired) electrons. The second-order valence-electron chi connectivity index (χ2n) is 5.05. The molecule has 0 saturated carbocycles. The van der Waals surface area contributed by atoms with E-state index in [4.69, 9.17) is 5.84 Å². The smallest absolute Gasteiger partial charge is 0.148 e. The molecule has 0 bridgehead atoms. The fraction of sp³-hybridized carbons (Fsp3) is 0.692. The topological polar surface area (TPSA) is 87.3 Å². The molecule has 0 spiro atoms. The largest absolute Gasteiger partial charge is 0.396 e. The van der Waals surface area contributed by atoms with Crippen LogP contribution in [0.4, 0.5) is 11.6 Å². The van der Waals surface area contributed by atoms with Gasteiger partial charge in [0, 0.05) is 31.7 Å². The van der Waals surface area contributed by atoms with Crippen molar-refractivity contribution in [1.29, 1.82) is 0 Å². The normalized spacial score (nSPS) is 16.7. The first kappa shape index (κ1) is 14.0. The molecule has 106 valence electrons. The number of hydrogen-bond donors (Lipinski definition) is 3. The van der Waals surface area contributed by atoms with Crippen molar-refractivity contribution in [3.8, 4) is 0 Å². The number of piperidine rings is 1. The summed E-state index contributed by atoms with van der Waals surface area (Å²) in [7, 11) is 0. The fourth-order valence-corrected chi connectivity index (χ4v) is 2.48. The Kier molecular flexibility index (Phi) is 4.55. The molecular formula is C13H23N5O. The first-order valence-electron chi connectivity index (χ1n) is 6.89. The zero-order valence-corrected chi connectivity index (χ0v) is 11.7. The van der Waals surface area contributed by atoms with Gasteiger partial charge in [0.1, 0.15) is 17.5 Å². The molecule has 0 aliphatic carbocycles. The van der Waals surface area contributed by atoms with E-state index in [1.165, 1.54) is 0 Å². The van der Waals surface area contributed by atoms with E-state index in [2.05, 4.69) is 20.3 Å². The van der Waals surface area contributed by atoms with Crippen LogP contribution in [0.25, 0.3) is 0 Å². The van der Waals surface area contributed by atoms with Crippen molar-refractivity contribution >= 4 is 11.6 Å². The number of aromatic nitrogens is 2. The maximum Gasteiger partial charge on any atom is 0.148 e. The van der Waals surface area contributed by atoms with Gasteiger partial charge >= 0.3 is 0 Å². The average Bonchev–Trinajstić information content (AvgIpc) is 2.47. The van der Waals surface area contributed by atoms with Gasteiger partial charge in [0.05, 0.1) is 0 Å². The summed E-state index contributed by atoms with van der Waals surface area (Å²) in [5, 5.41) is 9.20. The summed E-state index contributed by atoms with van der Waals surface area (Å²) in [5.41, 5.74) is 3.64. The minimum atomic E-state index is 0.284. The van der Waals surface area contributed by atoms with Crippen LogP contribution in [-0.2, 0) is 6.42 Å². The van der Waals surface area contributed by atoms with Crippen LogP contribution in [0.15, 0.2) is 0 Å². The zero-order chi connectivity index (χ0) is 13.8. The SMILES string of the molecule is CCc1nc(NN)c(C)c(N2CCC(CO)CC2)n1. The van der Waals surface area contributed by atoms with Crippen LogP contribution in [0.2, 0.25) is 0 Å². The van der Waals surface area contributed by atoms with Crippen molar-refractivity contribution < 1.29 is 5.11 Å². The third-order valence-electron chi connectivity index (χ3n) is 3.79. The molecule has 1 aliphatic heterocycles. The number of nitrogens with one attached hydrogen (secondary N) is 1. The first-order chi connectivity index (χ1) is 9.19. The van der Waals surface area contributed by atoms with E-state index in [-0.39, 0.29) is 6.61 Å². The number of nitrogens with zero attached hydrogens (tertiary/aromatic N) is 3. The molecule has 2 rings (SSSR count). The Morgan fingerprint density at radius 3 is 2.58 bits per heavy atom. The Balaban J connectivity index is 2.24. The number of nitrogen functional groups attached to an aromatic ring is 1. The Labute approximate surface area is 114 Å². The lowest BCUT2D eigenvalue weighted by Gasteiger charge is -2.33. The van der Waals surface area contributed by atoms with Gasteiger partial charge in [-0.2, -0.15) is 0 Å². The molecule has 2 heterocycles. The summed E-state index contributed by atoms with van der Waals surface area (Å²) in [6.07, 6.45) is 2.80. The van der Waals surface area contributed by atoms with Gasteiger partial charge in [-0.3, -0.25) is 0 Å². The lowest BCUT2D eigenvalue weighted by Crippen LogP contribution is -2.36. The molecule has 4 N–H and O–H groups in total. The summed E-state index contributed by atoms with van der Waals surface area (Å²) < 4.78 is 0. The number of aliphatic hydroxyl groups is 1. The van der Waals surface area contributed by atoms with E-state index in [0.717, 1.165) is 49.6 Å². The Bertz CT molecular complexity index is 429. The fourth-order valence-electron chi connectivity index (χ4n) is 2.48. The number of aliphatic hydroxyl groups excluding tert-OH is 1. The monoisotopic (exact) mass is 265 g/mol.